The average Bonchev–Trinajstić information content (AvgIpc) is 3.36. The lowest BCUT2D eigenvalue weighted by Gasteiger charge is -2.40. The van der Waals surface area contributed by atoms with Crippen molar-refractivity contribution in [3.05, 3.63) is 66.6 Å². The minimum Gasteiger partial charge on any atom is -0.307 e. The van der Waals surface area contributed by atoms with Crippen molar-refractivity contribution in [2.24, 2.45) is 7.05 Å². The Morgan fingerprint density at radius 2 is 1.89 bits per heavy atom. The molecule has 2 aromatic heterocycles. The molecule has 1 amide bonds. The van der Waals surface area contributed by atoms with E-state index in [1.165, 1.54) is 5.56 Å². The molecule has 7 nitrogen and oxygen atoms in total. The van der Waals surface area contributed by atoms with Crippen molar-refractivity contribution in [1.29, 1.82) is 0 Å². The first-order valence-electron chi connectivity index (χ1n) is 9.23. The van der Waals surface area contributed by atoms with Crippen LogP contribution >= 0.6 is 0 Å². The molecule has 1 aromatic carbocycles. The molecule has 0 bridgehead atoms. The topological polar surface area (TPSA) is 68.0 Å². The Kier molecular flexibility index (Phi) is 4.77. The number of carbonyl (C=O) groups excluding carboxylic acids is 1. The van der Waals surface area contributed by atoms with Crippen LogP contribution in [0.25, 0.3) is 0 Å². The molecule has 0 radical (unpaired) electrons. The van der Waals surface area contributed by atoms with Crippen LogP contribution in [-0.2, 0) is 23.9 Å². The number of benzene rings is 1. The number of amides is 1. The number of nitrogens with one attached hydrogen (secondary N) is 1. The first-order valence-corrected chi connectivity index (χ1v) is 9.23. The van der Waals surface area contributed by atoms with E-state index in [9.17, 15) is 4.79 Å². The van der Waals surface area contributed by atoms with E-state index in [1.807, 2.05) is 36.3 Å². The van der Waals surface area contributed by atoms with E-state index < -0.39 is 5.54 Å². The molecule has 0 spiro atoms. The summed E-state index contributed by atoms with van der Waals surface area (Å²) in [5.41, 5.74) is 0.607. The Morgan fingerprint density at radius 3 is 2.52 bits per heavy atom. The highest BCUT2D eigenvalue weighted by atomic mass is 16.2. The lowest BCUT2D eigenvalue weighted by atomic mass is 9.86. The summed E-state index contributed by atoms with van der Waals surface area (Å²) in [6.07, 6.45) is 6.84. The van der Waals surface area contributed by atoms with Gasteiger partial charge in [-0.25, -0.2) is 0 Å². The summed E-state index contributed by atoms with van der Waals surface area (Å²) in [5, 5.41) is 11.6. The Balaban J connectivity index is 1.50. The molecule has 7 heteroatoms. The molecule has 1 aliphatic rings. The van der Waals surface area contributed by atoms with Gasteiger partial charge in [0.15, 0.2) is 5.82 Å². The number of hydrogen-bond donors (Lipinski definition) is 1. The van der Waals surface area contributed by atoms with Gasteiger partial charge in [-0.1, -0.05) is 30.3 Å². The van der Waals surface area contributed by atoms with Crippen LogP contribution in [-0.4, -0.2) is 43.5 Å². The third-order valence-corrected chi connectivity index (χ3v) is 5.25. The summed E-state index contributed by atoms with van der Waals surface area (Å²) in [6.45, 7) is 2.58. The largest absolute Gasteiger partial charge is 0.307 e. The number of rotatable bonds is 5. The third-order valence-electron chi connectivity index (χ3n) is 5.25. The van der Waals surface area contributed by atoms with E-state index in [2.05, 4.69) is 44.7 Å². The van der Waals surface area contributed by atoms with Gasteiger partial charge in [0.25, 0.3) is 5.91 Å². The minimum absolute atomic E-state index is 0.0516. The number of aryl methyl sites for hydroxylation is 1. The normalized spacial score (nSPS) is 16.9. The predicted molar refractivity (Wildman–Crippen MR) is 103 cm³/mol. The second-order valence-electron chi connectivity index (χ2n) is 7.07. The van der Waals surface area contributed by atoms with Crippen molar-refractivity contribution >= 4 is 11.7 Å². The van der Waals surface area contributed by atoms with Gasteiger partial charge >= 0.3 is 0 Å². The van der Waals surface area contributed by atoms with Gasteiger partial charge in [0, 0.05) is 51.3 Å². The van der Waals surface area contributed by atoms with Crippen molar-refractivity contribution in [2.75, 3.05) is 18.4 Å². The van der Waals surface area contributed by atoms with Crippen LogP contribution < -0.4 is 5.32 Å². The van der Waals surface area contributed by atoms with Crippen LogP contribution in [0.3, 0.4) is 0 Å². The molecule has 0 saturated carbocycles. The molecule has 4 rings (SSSR count). The van der Waals surface area contributed by atoms with Crippen molar-refractivity contribution in [3.63, 3.8) is 0 Å². The number of anilines is 1. The highest BCUT2D eigenvalue weighted by Gasteiger charge is 2.43. The molecular formula is C20H24N6O. The van der Waals surface area contributed by atoms with E-state index in [0.29, 0.717) is 18.7 Å². The minimum atomic E-state index is -0.686. The molecule has 0 unspecified atom stereocenters. The quantitative estimate of drug-likeness (QED) is 0.754. The van der Waals surface area contributed by atoms with E-state index >= 15 is 0 Å². The van der Waals surface area contributed by atoms with Gasteiger partial charge in [-0.15, -0.1) is 0 Å². The van der Waals surface area contributed by atoms with Gasteiger partial charge in [-0.05, 0) is 24.5 Å². The summed E-state index contributed by atoms with van der Waals surface area (Å²) in [4.78, 5) is 15.6. The first kappa shape index (κ1) is 17.5. The zero-order valence-electron chi connectivity index (χ0n) is 15.5. The fraction of sp³-hybridized carbons (Fsp3) is 0.350. The van der Waals surface area contributed by atoms with Crippen LogP contribution in [0.15, 0.2) is 61.1 Å². The summed E-state index contributed by atoms with van der Waals surface area (Å²) < 4.78 is 3.49. The Morgan fingerprint density at radius 1 is 1.11 bits per heavy atom. The number of carbonyl (C=O) groups is 1. The van der Waals surface area contributed by atoms with Crippen molar-refractivity contribution in [3.8, 4) is 0 Å². The number of hydrogen-bond acceptors (Lipinski definition) is 4. The molecule has 3 aromatic rings. The zero-order chi connectivity index (χ0) is 18.7. The van der Waals surface area contributed by atoms with E-state index in [4.69, 9.17) is 0 Å². The molecule has 140 valence electrons. The van der Waals surface area contributed by atoms with Gasteiger partial charge in [-0.3, -0.25) is 19.1 Å². The standard InChI is InChI=1S/C20H24N6O/c1-24-13-8-18(23-24)22-19(27)20(26-12-5-11-21-26)9-14-25(15-10-20)16-17-6-3-2-4-7-17/h2-8,11-13H,9-10,14-16H2,1H3,(H,22,23,27). The Bertz CT molecular complexity index is 878. The molecule has 1 saturated heterocycles. The summed E-state index contributed by atoms with van der Waals surface area (Å²) >= 11 is 0. The smallest absolute Gasteiger partial charge is 0.253 e. The van der Waals surface area contributed by atoms with Gasteiger partial charge < -0.3 is 5.32 Å². The second kappa shape index (κ2) is 7.36. The van der Waals surface area contributed by atoms with Crippen LogP contribution in [0.1, 0.15) is 18.4 Å². The van der Waals surface area contributed by atoms with Crippen LogP contribution in [0, 0.1) is 0 Å². The summed E-state index contributed by atoms with van der Waals surface area (Å²) in [7, 11) is 1.83. The van der Waals surface area contributed by atoms with Gasteiger partial charge in [0.1, 0.15) is 5.54 Å². The molecule has 0 atom stereocenters. The van der Waals surface area contributed by atoms with E-state index in [0.717, 1.165) is 19.6 Å². The van der Waals surface area contributed by atoms with Crippen LogP contribution in [0.2, 0.25) is 0 Å². The molecule has 1 fully saturated rings. The number of nitrogens with zero attached hydrogens (tertiary/aromatic N) is 5. The summed E-state index contributed by atoms with van der Waals surface area (Å²) in [6, 6.07) is 14.1. The molecule has 27 heavy (non-hydrogen) atoms. The third kappa shape index (κ3) is 3.64. The number of aromatic nitrogens is 4. The maximum Gasteiger partial charge on any atom is 0.253 e. The Labute approximate surface area is 158 Å². The lowest BCUT2D eigenvalue weighted by Crippen LogP contribution is -2.53. The van der Waals surface area contributed by atoms with E-state index in [-0.39, 0.29) is 5.91 Å². The SMILES string of the molecule is Cn1ccc(NC(=O)C2(n3cccn3)CCN(Cc3ccccc3)CC2)n1. The van der Waals surface area contributed by atoms with Gasteiger partial charge in [0.2, 0.25) is 0 Å². The van der Waals surface area contributed by atoms with Gasteiger partial charge in [0.05, 0.1) is 0 Å². The molecular weight excluding hydrogens is 340 g/mol. The average molecular weight is 364 g/mol. The maximum atomic E-state index is 13.2. The molecule has 1 N–H and O–H groups in total. The maximum absolute atomic E-state index is 13.2. The van der Waals surface area contributed by atoms with Crippen molar-refractivity contribution < 1.29 is 4.79 Å². The van der Waals surface area contributed by atoms with Crippen molar-refractivity contribution in [2.45, 2.75) is 24.9 Å². The fourth-order valence-corrected chi connectivity index (χ4v) is 3.72. The molecule has 1 aliphatic heterocycles. The van der Waals surface area contributed by atoms with Crippen LogP contribution in [0.4, 0.5) is 5.82 Å². The highest BCUT2D eigenvalue weighted by molar-refractivity contribution is 5.96. The molecule has 0 aliphatic carbocycles. The first-order chi connectivity index (χ1) is 13.2. The summed E-state index contributed by atoms with van der Waals surface area (Å²) in [5.74, 6) is 0.519. The number of likely N-dealkylation sites (tertiary alicyclic amines) is 1. The predicted octanol–water partition coefficient (Wildman–Crippen LogP) is 2.25. The van der Waals surface area contributed by atoms with E-state index in [1.54, 1.807) is 16.9 Å². The number of piperidine rings is 1. The lowest BCUT2D eigenvalue weighted by molar-refractivity contribution is -0.127. The molecule has 3 heterocycles. The zero-order valence-corrected chi connectivity index (χ0v) is 15.5. The fourth-order valence-electron chi connectivity index (χ4n) is 3.72. The Hall–Kier alpha value is -2.93. The van der Waals surface area contributed by atoms with Crippen molar-refractivity contribution in [1.82, 2.24) is 24.5 Å². The van der Waals surface area contributed by atoms with Gasteiger partial charge in [-0.2, -0.15) is 10.2 Å². The highest BCUT2D eigenvalue weighted by Crippen LogP contribution is 2.31. The second-order valence-corrected chi connectivity index (χ2v) is 7.07. The van der Waals surface area contributed by atoms with Crippen LogP contribution in [0.5, 0.6) is 0 Å². The monoisotopic (exact) mass is 364 g/mol.